The smallest absolute Gasteiger partial charge is 0.204 e. The van der Waals surface area contributed by atoms with Crippen LogP contribution in [0.4, 0.5) is 17.6 Å². The molecule has 0 aromatic rings. The molecule has 0 spiro atoms. The van der Waals surface area contributed by atoms with Crippen molar-refractivity contribution >= 4 is 11.6 Å². The molecule has 0 amide bonds. The molecule has 0 fully saturated rings. The predicted octanol–water partition coefficient (Wildman–Crippen LogP) is 4.32. The Hall–Kier alpha value is -0.510. The van der Waals surface area contributed by atoms with Gasteiger partial charge in [-0.25, -0.2) is 17.6 Å². The van der Waals surface area contributed by atoms with Gasteiger partial charge in [0.1, 0.15) is 5.03 Å². The van der Waals surface area contributed by atoms with Crippen molar-refractivity contribution in [2.45, 2.75) is 26.7 Å². The average molecular weight is 217 g/mol. The fourth-order valence-corrected chi connectivity index (χ4v) is 0.592. The first kappa shape index (κ1) is 12.5. The molecule has 0 aliphatic rings. The molecule has 0 atom stereocenters. The second-order valence-corrected chi connectivity index (χ2v) is 3.21. The Morgan fingerprint density at radius 3 is 1.69 bits per heavy atom. The second-order valence-electron chi connectivity index (χ2n) is 2.83. The van der Waals surface area contributed by atoms with E-state index in [4.69, 9.17) is 11.6 Å². The lowest BCUT2D eigenvalue weighted by atomic mass is 10.2. The van der Waals surface area contributed by atoms with E-state index < -0.39 is 22.6 Å². The van der Waals surface area contributed by atoms with Crippen LogP contribution in [-0.2, 0) is 0 Å². The first-order valence-electron chi connectivity index (χ1n) is 3.44. The number of alkyl halides is 2. The van der Waals surface area contributed by atoms with Crippen molar-refractivity contribution in [1.29, 1.82) is 0 Å². The maximum absolute atomic E-state index is 12.8. The Balaban J connectivity index is 5.18. The highest BCUT2D eigenvalue weighted by atomic mass is 35.5. The molecule has 76 valence electrons. The zero-order valence-corrected chi connectivity index (χ0v) is 8.15. The molecular weight excluding hydrogens is 208 g/mol. The molecule has 0 N–H and O–H groups in total. The van der Waals surface area contributed by atoms with Crippen LogP contribution in [0.25, 0.3) is 0 Å². The minimum atomic E-state index is -3.56. The Morgan fingerprint density at radius 2 is 1.46 bits per heavy atom. The average Bonchev–Trinajstić information content (AvgIpc) is 1.98. The van der Waals surface area contributed by atoms with Crippen molar-refractivity contribution in [1.82, 2.24) is 0 Å². The first-order valence-corrected chi connectivity index (χ1v) is 3.82. The Kier molecular flexibility index (Phi) is 3.97. The Bertz CT molecular complexity index is 256. The summed E-state index contributed by atoms with van der Waals surface area (Å²) >= 11 is 4.93. The van der Waals surface area contributed by atoms with E-state index in [1.807, 2.05) is 0 Å². The zero-order valence-electron chi connectivity index (χ0n) is 7.39. The van der Waals surface area contributed by atoms with E-state index in [0.29, 0.717) is 6.92 Å². The van der Waals surface area contributed by atoms with Gasteiger partial charge in [0.25, 0.3) is 5.92 Å². The molecule has 0 nitrogen and oxygen atoms in total. The highest BCUT2D eigenvalue weighted by Gasteiger charge is 2.31. The summed E-state index contributed by atoms with van der Waals surface area (Å²) in [6.45, 7) is 2.91. The molecular formula is C8H9ClF4. The number of rotatable bonds is 2. The van der Waals surface area contributed by atoms with Gasteiger partial charge < -0.3 is 0 Å². The lowest BCUT2D eigenvalue weighted by Gasteiger charge is -2.09. The van der Waals surface area contributed by atoms with Crippen molar-refractivity contribution in [2.75, 3.05) is 0 Å². The summed E-state index contributed by atoms with van der Waals surface area (Å²) in [6.07, 6.45) is 0. The summed E-state index contributed by atoms with van der Waals surface area (Å²) in [7, 11) is 0. The van der Waals surface area contributed by atoms with Crippen LogP contribution in [0.15, 0.2) is 22.3 Å². The molecule has 0 heterocycles. The second kappa shape index (κ2) is 4.13. The summed E-state index contributed by atoms with van der Waals surface area (Å²) < 4.78 is 50.2. The molecule has 0 aromatic heterocycles. The molecule has 5 heteroatoms. The van der Waals surface area contributed by atoms with Crippen LogP contribution >= 0.6 is 11.6 Å². The van der Waals surface area contributed by atoms with Gasteiger partial charge >= 0.3 is 0 Å². The van der Waals surface area contributed by atoms with Crippen LogP contribution in [0, 0.1) is 0 Å². The molecule has 0 rings (SSSR count). The summed E-state index contributed by atoms with van der Waals surface area (Å²) in [5.41, 5.74) is -0.0418. The molecule has 0 aliphatic heterocycles. The van der Waals surface area contributed by atoms with Crippen molar-refractivity contribution in [3.63, 3.8) is 0 Å². The van der Waals surface area contributed by atoms with E-state index in [-0.39, 0.29) is 5.57 Å². The van der Waals surface area contributed by atoms with E-state index in [2.05, 4.69) is 0 Å². The third kappa shape index (κ3) is 3.38. The predicted molar refractivity (Wildman–Crippen MR) is 44.1 cm³/mol. The Morgan fingerprint density at radius 1 is 1.08 bits per heavy atom. The van der Waals surface area contributed by atoms with Gasteiger partial charge in [-0.1, -0.05) is 11.6 Å². The maximum Gasteiger partial charge on any atom is 0.283 e. The van der Waals surface area contributed by atoms with Crippen LogP contribution in [0.2, 0.25) is 0 Å². The monoisotopic (exact) mass is 216 g/mol. The van der Waals surface area contributed by atoms with E-state index in [1.54, 1.807) is 0 Å². The highest BCUT2D eigenvalue weighted by Crippen LogP contribution is 2.34. The molecule has 0 aliphatic carbocycles. The van der Waals surface area contributed by atoms with Crippen molar-refractivity contribution in [3.05, 3.63) is 22.3 Å². The van der Waals surface area contributed by atoms with Gasteiger partial charge in [-0.3, -0.25) is 0 Å². The fraction of sp³-hybridized carbons (Fsp3) is 0.500. The molecule has 0 saturated carbocycles. The van der Waals surface area contributed by atoms with Crippen molar-refractivity contribution in [2.24, 2.45) is 0 Å². The third-order valence-electron chi connectivity index (χ3n) is 1.21. The fourth-order valence-electron chi connectivity index (χ4n) is 0.509. The summed E-state index contributed by atoms with van der Waals surface area (Å²) in [4.78, 5) is 0. The molecule has 0 radical (unpaired) electrons. The summed E-state index contributed by atoms with van der Waals surface area (Å²) in [5.74, 6) is -6.60. The van der Waals surface area contributed by atoms with Gasteiger partial charge in [-0.2, -0.15) is 0 Å². The Labute approximate surface area is 78.9 Å². The zero-order chi connectivity index (χ0) is 10.8. The normalized spacial score (nSPS) is 13.8. The van der Waals surface area contributed by atoms with E-state index in [1.165, 1.54) is 13.8 Å². The van der Waals surface area contributed by atoms with Crippen LogP contribution in [-0.4, -0.2) is 5.92 Å². The van der Waals surface area contributed by atoms with Crippen molar-refractivity contribution in [3.8, 4) is 0 Å². The van der Waals surface area contributed by atoms with Gasteiger partial charge in [0.05, 0.1) is 0 Å². The largest absolute Gasteiger partial charge is 0.283 e. The number of hydrogen-bond donors (Lipinski definition) is 0. The molecule has 13 heavy (non-hydrogen) atoms. The highest BCUT2D eigenvalue weighted by molar-refractivity contribution is 6.30. The SMILES string of the molecule is CC(C)=C(F)C(F)=C(Cl)C(C)(F)F. The summed E-state index contributed by atoms with van der Waals surface area (Å²) in [5, 5.41) is -1.41. The first-order chi connectivity index (χ1) is 5.68. The van der Waals surface area contributed by atoms with Gasteiger partial charge in [0.15, 0.2) is 11.7 Å². The van der Waals surface area contributed by atoms with Crippen molar-refractivity contribution < 1.29 is 17.6 Å². The van der Waals surface area contributed by atoms with Crippen LogP contribution in [0.5, 0.6) is 0 Å². The van der Waals surface area contributed by atoms with Crippen LogP contribution in [0.3, 0.4) is 0 Å². The molecule has 0 bridgehead atoms. The number of hydrogen-bond acceptors (Lipinski definition) is 0. The number of halogens is 5. The standard InChI is InChI=1S/C8H9ClF4/c1-4(2)5(10)6(11)7(9)8(3,12)13/h1-3H3. The van der Waals surface area contributed by atoms with E-state index in [0.717, 1.165) is 0 Å². The van der Waals surface area contributed by atoms with Crippen LogP contribution in [0.1, 0.15) is 20.8 Å². The molecule has 0 unspecified atom stereocenters. The van der Waals surface area contributed by atoms with Gasteiger partial charge in [-0.05, 0) is 19.4 Å². The van der Waals surface area contributed by atoms with Gasteiger partial charge in [0.2, 0.25) is 0 Å². The third-order valence-corrected chi connectivity index (χ3v) is 1.71. The van der Waals surface area contributed by atoms with Gasteiger partial charge in [0, 0.05) is 6.92 Å². The van der Waals surface area contributed by atoms with Gasteiger partial charge in [-0.15, -0.1) is 0 Å². The molecule has 0 aromatic carbocycles. The minimum absolute atomic E-state index is 0.0418. The topological polar surface area (TPSA) is 0 Å². The summed E-state index contributed by atoms with van der Waals surface area (Å²) in [6, 6.07) is 0. The van der Waals surface area contributed by atoms with Crippen LogP contribution < -0.4 is 0 Å². The molecule has 0 saturated heterocycles. The lowest BCUT2D eigenvalue weighted by Crippen LogP contribution is -2.11. The maximum atomic E-state index is 12.8. The lowest BCUT2D eigenvalue weighted by molar-refractivity contribution is 0.0692. The van der Waals surface area contributed by atoms with E-state index >= 15 is 0 Å². The minimum Gasteiger partial charge on any atom is -0.204 e. The van der Waals surface area contributed by atoms with E-state index in [9.17, 15) is 17.6 Å². The number of allylic oxidation sites excluding steroid dienone is 4. The quantitative estimate of drug-likeness (QED) is 0.476.